The molecule has 0 bridgehead atoms. The van der Waals surface area contributed by atoms with E-state index >= 15 is 0 Å². The van der Waals surface area contributed by atoms with Gasteiger partial charge in [0.15, 0.2) is 0 Å². The zero-order valence-corrected chi connectivity index (χ0v) is 27.3. The Hall–Kier alpha value is -4.12. The van der Waals surface area contributed by atoms with E-state index in [0.717, 1.165) is 59.1 Å². The highest BCUT2D eigenvalue weighted by atomic mass is 16.5. The Bertz CT molecular complexity index is 1500. The number of carbonyl (C=O) groups excluding carboxylic acids is 2. The predicted octanol–water partition coefficient (Wildman–Crippen LogP) is 10.7. The minimum Gasteiger partial charge on any atom is -0.494 e. The van der Waals surface area contributed by atoms with E-state index in [9.17, 15) is 9.59 Å². The minimum atomic E-state index is -0.413. The molecule has 0 fully saturated rings. The first-order valence-corrected chi connectivity index (χ1v) is 16.7. The highest BCUT2D eigenvalue weighted by Crippen LogP contribution is 2.28. The summed E-state index contributed by atoms with van der Waals surface area (Å²) in [5.41, 5.74) is 3.46. The van der Waals surface area contributed by atoms with Gasteiger partial charge >= 0.3 is 11.9 Å². The lowest BCUT2D eigenvalue weighted by atomic mass is 9.97. The quantitative estimate of drug-likeness (QED) is 0.0678. The van der Waals surface area contributed by atoms with Crippen LogP contribution in [0.1, 0.15) is 107 Å². The highest BCUT2D eigenvalue weighted by Gasteiger charge is 2.20. The third kappa shape index (κ3) is 9.94. The molecule has 0 saturated heterocycles. The molecular weight excluding hydrogens is 560 g/mol. The molecule has 0 unspecified atom stereocenters. The summed E-state index contributed by atoms with van der Waals surface area (Å²) >= 11 is 0. The van der Waals surface area contributed by atoms with Crippen LogP contribution >= 0.6 is 0 Å². The van der Waals surface area contributed by atoms with Crippen LogP contribution in [0.25, 0.3) is 21.9 Å². The Kier molecular flexibility index (Phi) is 13.0. The number of fused-ring (bicyclic) bond motifs is 1. The minimum absolute atomic E-state index is 0.0512. The van der Waals surface area contributed by atoms with E-state index in [1.54, 1.807) is 18.2 Å². The maximum Gasteiger partial charge on any atom is 0.343 e. The number of benzene rings is 4. The van der Waals surface area contributed by atoms with Gasteiger partial charge in [-0.1, -0.05) is 108 Å². The van der Waals surface area contributed by atoms with Crippen LogP contribution in [0.15, 0.2) is 84.9 Å². The van der Waals surface area contributed by atoms with Crippen LogP contribution < -0.4 is 9.47 Å². The molecule has 238 valence electrons. The Morgan fingerprint density at radius 2 is 1.22 bits per heavy atom. The van der Waals surface area contributed by atoms with Crippen molar-refractivity contribution in [1.29, 1.82) is 0 Å². The fraction of sp³-hybridized carbons (Fsp3) is 0.400. The second-order valence-corrected chi connectivity index (χ2v) is 11.8. The number of carbonyl (C=O) groups is 2. The summed E-state index contributed by atoms with van der Waals surface area (Å²) < 4.78 is 17.3. The Morgan fingerprint density at radius 1 is 0.644 bits per heavy atom. The van der Waals surface area contributed by atoms with Gasteiger partial charge in [0.25, 0.3) is 0 Å². The number of hydrogen-bond donors (Lipinski definition) is 0. The second-order valence-electron chi connectivity index (χ2n) is 11.8. The molecule has 4 rings (SSSR count). The summed E-state index contributed by atoms with van der Waals surface area (Å²) in [5, 5.41) is 1.89. The third-order valence-corrected chi connectivity index (χ3v) is 8.42. The van der Waals surface area contributed by atoms with E-state index < -0.39 is 5.97 Å². The van der Waals surface area contributed by atoms with E-state index in [1.165, 1.54) is 38.5 Å². The standard InChI is InChI=1S/C40H48O5/c1-5-8-9-10-11-12-13-26-43-37-23-20-31(21-24-37)30-14-16-32(17-15-30)40(42)45-38-25-22-34-27-33(18-19-35(34)28-38)29(4)39(41)44-36(6-2)7-3/h14-25,27-29,36H,5-13,26H2,1-4H3/t29-/m0/s1. The number of hydrogen-bond acceptors (Lipinski definition) is 5. The lowest BCUT2D eigenvalue weighted by molar-refractivity contribution is -0.150. The van der Waals surface area contributed by atoms with Crippen molar-refractivity contribution in [3.8, 4) is 22.6 Å². The summed E-state index contributed by atoms with van der Waals surface area (Å²) in [6.45, 7) is 8.91. The largest absolute Gasteiger partial charge is 0.494 e. The first-order chi connectivity index (χ1) is 21.9. The lowest BCUT2D eigenvalue weighted by Crippen LogP contribution is -2.20. The molecule has 4 aromatic carbocycles. The average molecular weight is 609 g/mol. The molecular formula is C40H48O5. The molecule has 1 atom stereocenters. The molecule has 0 radical (unpaired) electrons. The van der Waals surface area contributed by atoms with Gasteiger partial charge in [-0.05, 0) is 90.0 Å². The van der Waals surface area contributed by atoms with Crippen molar-refractivity contribution in [2.45, 2.75) is 97.5 Å². The molecule has 45 heavy (non-hydrogen) atoms. The van der Waals surface area contributed by atoms with E-state index in [1.807, 2.05) is 87.5 Å². The molecule has 5 heteroatoms. The van der Waals surface area contributed by atoms with Gasteiger partial charge in [-0.2, -0.15) is 0 Å². The number of ether oxygens (including phenoxy) is 3. The molecule has 0 aliphatic heterocycles. The SMILES string of the molecule is CCCCCCCCCOc1ccc(-c2ccc(C(=O)Oc3ccc4cc([C@H](C)C(=O)OC(CC)CC)ccc4c3)cc2)cc1. The van der Waals surface area contributed by atoms with Crippen molar-refractivity contribution in [3.63, 3.8) is 0 Å². The molecule has 0 amide bonds. The van der Waals surface area contributed by atoms with Crippen molar-refractivity contribution < 1.29 is 23.8 Å². The Morgan fingerprint density at radius 3 is 1.89 bits per heavy atom. The van der Waals surface area contributed by atoms with Crippen molar-refractivity contribution in [3.05, 3.63) is 96.1 Å². The van der Waals surface area contributed by atoms with Gasteiger partial charge in [0.2, 0.25) is 0 Å². The monoisotopic (exact) mass is 608 g/mol. The third-order valence-electron chi connectivity index (χ3n) is 8.42. The summed E-state index contributed by atoms with van der Waals surface area (Å²) in [5.74, 6) is 0.369. The van der Waals surface area contributed by atoms with Gasteiger partial charge < -0.3 is 14.2 Å². The molecule has 0 heterocycles. The molecule has 0 N–H and O–H groups in total. The Labute approximate surface area is 268 Å². The van der Waals surface area contributed by atoms with Gasteiger partial charge in [-0.15, -0.1) is 0 Å². The van der Waals surface area contributed by atoms with Crippen molar-refractivity contribution >= 4 is 22.7 Å². The Balaban J connectivity index is 1.29. The van der Waals surface area contributed by atoms with Crippen molar-refractivity contribution in [2.24, 2.45) is 0 Å². The van der Waals surface area contributed by atoms with Crippen molar-refractivity contribution in [1.82, 2.24) is 0 Å². The van der Waals surface area contributed by atoms with Crippen LogP contribution in [0.2, 0.25) is 0 Å². The molecule has 0 aromatic heterocycles. The molecule has 0 spiro atoms. The van der Waals surface area contributed by atoms with Gasteiger partial charge in [0, 0.05) is 0 Å². The van der Waals surface area contributed by atoms with Crippen LogP contribution in [0, 0.1) is 0 Å². The maximum absolute atomic E-state index is 12.9. The highest BCUT2D eigenvalue weighted by molar-refractivity contribution is 5.93. The van der Waals surface area contributed by atoms with E-state index in [-0.39, 0.29) is 18.0 Å². The second kappa shape index (κ2) is 17.4. The van der Waals surface area contributed by atoms with E-state index in [2.05, 4.69) is 6.92 Å². The fourth-order valence-corrected chi connectivity index (χ4v) is 5.39. The summed E-state index contributed by atoms with van der Waals surface area (Å²) in [7, 11) is 0. The molecule has 0 aliphatic carbocycles. The topological polar surface area (TPSA) is 61.8 Å². The van der Waals surface area contributed by atoms with Crippen LogP contribution in [0.3, 0.4) is 0 Å². The first-order valence-electron chi connectivity index (χ1n) is 16.7. The predicted molar refractivity (Wildman–Crippen MR) is 183 cm³/mol. The molecule has 5 nitrogen and oxygen atoms in total. The number of unbranched alkanes of at least 4 members (excludes halogenated alkanes) is 6. The normalized spacial score (nSPS) is 11.8. The van der Waals surface area contributed by atoms with E-state index in [4.69, 9.17) is 14.2 Å². The average Bonchev–Trinajstić information content (AvgIpc) is 3.08. The zero-order chi connectivity index (χ0) is 32.0. The molecule has 0 saturated carbocycles. The summed E-state index contributed by atoms with van der Waals surface area (Å²) in [6, 6.07) is 26.9. The number of rotatable bonds is 17. The van der Waals surface area contributed by atoms with Gasteiger partial charge in [0.05, 0.1) is 18.1 Å². The zero-order valence-electron chi connectivity index (χ0n) is 27.3. The van der Waals surface area contributed by atoms with Crippen molar-refractivity contribution in [2.75, 3.05) is 6.61 Å². The summed E-state index contributed by atoms with van der Waals surface area (Å²) in [4.78, 5) is 25.6. The molecule has 0 aliphatic rings. The van der Waals surface area contributed by atoms with Crippen LogP contribution in [0.5, 0.6) is 11.5 Å². The van der Waals surface area contributed by atoms with E-state index in [0.29, 0.717) is 11.3 Å². The first kappa shape index (κ1) is 33.8. The molecule has 4 aromatic rings. The smallest absolute Gasteiger partial charge is 0.343 e. The summed E-state index contributed by atoms with van der Waals surface area (Å²) in [6.07, 6.45) is 10.4. The van der Waals surface area contributed by atoms with Gasteiger partial charge in [-0.25, -0.2) is 4.79 Å². The number of esters is 2. The fourth-order valence-electron chi connectivity index (χ4n) is 5.39. The van der Waals surface area contributed by atoms with Crippen LogP contribution in [0.4, 0.5) is 0 Å². The van der Waals surface area contributed by atoms with Gasteiger partial charge in [0.1, 0.15) is 17.6 Å². The maximum atomic E-state index is 12.9. The van der Waals surface area contributed by atoms with Gasteiger partial charge in [-0.3, -0.25) is 4.79 Å². The van der Waals surface area contributed by atoms with Crippen LogP contribution in [-0.4, -0.2) is 24.6 Å². The van der Waals surface area contributed by atoms with Crippen LogP contribution in [-0.2, 0) is 9.53 Å². The lowest BCUT2D eigenvalue weighted by Gasteiger charge is -2.18.